The van der Waals surface area contributed by atoms with Crippen molar-refractivity contribution in [3.05, 3.63) is 0 Å². The Morgan fingerprint density at radius 3 is 2.74 bits per heavy atom. The fourth-order valence-corrected chi connectivity index (χ4v) is 4.08. The highest BCUT2D eigenvalue weighted by Crippen LogP contribution is 2.34. The molecule has 0 bridgehead atoms. The molecule has 3 heteroatoms. The lowest BCUT2D eigenvalue weighted by atomic mass is 9.80. The smallest absolute Gasteiger partial charge is 0.303 e. The van der Waals surface area contributed by atoms with Crippen molar-refractivity contribution in [2.45, 2.75) is 64.8 Å². The van der Waals surface area contributed by atoms with Crippen molar-refractivity contribution >= 4 is 5.97 Å². The van der Waals surface area contributed by atoms with Gasteiger partial charge in [0, 0.05) is 19.0 Å². The van der Waals surface area contributed by atoms with Crippen molar-refractivity contribution in [2.75, 3.05) is 13.1 Å². The van der Waals surface area contributed by atoms with E-state index in [2.05, 4.69) is 18.7 Å². The fraction of sp³-hybridized carbons (Fsp3) is 0.938. The van der Waals surface area contributed by atoms with Gasteiger partial charge in [0.25, 0.3) is 0 Å². The van der Waals surface area contributed by atoms with Crippen molar-refractivity contribution in [3.63, 3.8) is 0 Å². The Bertz CT molecular complexity index is 303. The molecule has 0 radical (unpaired) electrons. The predicted octanol–water partition coefficient (Wildman–Crippen LogP) is 3.39. The van der Waals surface area contributed by atoms with E-state index in [1.54, 1.807) is 0 Å². The zero-order valence-corrected chi connectivity index (χ0v) is 12.5. The van der Waals surface area contributed by atoms with Crippen molar-refractivity contribution < 1.29 is 9.90 Å². The van der Waals surface area contributed by atoms with E-state index in [9.17, 15) is 4.79 Å². The van der Waals surface area contributed by atoms with Gasteiger partial charge in [0.15, 0.2) is 0 Å². The van der Waals surface area contributed by atoms with Crippen LogP contribution in [0.4, 0.5) is 0 Å². The highest BCUT2D eigenvalue weighted by molar-refractivity contribution is 5.67. The van der Waals surface area contributed by atoms with E-state index in [1.165, 1.54) is 32.1 Å². The molecule has 0 aromatic rings. The quantitative estimate of drug-likeness (QED) is 0.830. The van der Waals surface area contributed by atoms with Crippen LogP contribution in [0.25, 0.3) is 0 Å². The first-order valence-electron chi connectivity index (χ1n) is 8.00. The number of aliphatic carboxylic acids is 1. The molecule has 2 aliphatic rings. The molecule has 0 amide bonds. The van der Waals surface area contributed by atoms with Gasteiger partial charge in [-0.1, -0.05) is 26.7 Å². The monoisotopic (exact) mass is 267 g/mol. The summed E-state index contributed by atoms with van der Waals surface area (Å²) in [5.41, 5.74) is 0. The summed E-state index contributed by atoms with van der Waals surface area (Å²) in [6, 6.07) is 0.733. The second-order valence-electron chi connectivity index (χ2n) is 7.06. The second kappa shape index (κ2) is 6.74. The highest BCUT2D eigenvalue weighted by atomic mass is 16.4. The van der Waals surface area contributed by atoms with Gasteiger partial charge in [-0.25, -0.2) is 0 Å². The standard InChI is InChI=1S/C16H29NO2/c1-12(2)8-13-4-3-5-15(9-13)17-7-6-14(11-17)10-16(18)19/h12-15H,3-11H2,1-2H3,(H,18,19). The molecule has 19 heavy (non-hydrogen) atoms. The van der Waals surface area contributed by atoms with E-state index in [4.69, 9.17) is 5.11 Å². The Labute approximate surface area is 117 Å². The third kappa shape index (κ3) is 4.48. The number of hydrogen-bond acceptors (Lipinski definition) is 2. The van der Waals surface area contributed by atoms with Gasteiger partial charge in [-0.3, -0.25) is 4.79 Å². The lowest BCUT2D eigenvalue weighted by Gasteiger charge is -2.36. The Kier molecular flexibility index (Phi) is 5.26. The number of nitrogens with zero attached hydrogens (tertiary/aromatic N) is 1. The normalized spacial score (nSPS) is 32.9. The number of carbonyl (C=O) groups is 1. The fourth-order valence-electron chi connectivity index (χ4n) is 4.08. The highest BCUT2D eigenvalue weighted by Gasteiger charge is 2.32. The first-order valence-corrected chi connectivity index (χ1v) is 8.00. The van der Waals surface area contributed by atoms with Crippen molar-refractivity contribution in [2.24, 2.45) is 17.8 Å². The van der Waals surface area contributed by atoms with Gasteiger partial charge in [-0.05, 0) is 50.0 Å². The largest absolute Gasteiger partial charge is 0.481 e. The molecule has 2 fully saturated rings. The van der Waals surface area contributed by atoms with Crippen LogP contribution in [0.1, 0.15) is 58.8 Å². The number of carboxylic acid groups (broad SMARTS) is 1. The van der Waals surface area contributed by atoms with Crippen molar-refractivity contribution in [1.82, 2.24) is 4.90 Å². The first kappa shape index (κ1) is 14.8. The Morgan fingerprint density at radius 2 is 2.05 bits per heavy atom. The molecule has 1 heterocycles. The summed E-state index contributed by atoms with van der Waals surface area (Å²) < 4.78 is 0. The van der Waals surface area contributed by atoms with Crippen LogP contribution in [0.2, 0.25) is 0 Å². The molecule has 3 unspecified atom stereocenters. The van der Waals surface area contributed by atoms with E-state index in [1.807, 2.05) is 0 Å². The molecule has 1 aliphatic heterocycles. The van der Waals surface area contributed by atoms with E-state index < -0.39 is 5.97 Å². The Morgan fingerprint density at radius 1 is 1.26 bits per heavy atom. The van der Waals surface area contributed by atoms with E-state index in [0.717, 1.165) is 37.4 Å². The molecular formula is C16H29NO2. The lowest BCUT2D eigenvalue weighted by molar-refractivity contribution is -0.138. The van der Waals surface area contributed by atoms with Crippen molar-refractivity contribution in [1.29, 1.82) is 0 Å². The van der Waals surface area contributed by atoms with Crippen molar-refractivity contribution in [3.8, 4) is 0 Å². The summed E-state index contributed by atoms with van der Waals surface area (Å²) >= 11 is 0. The summed E-state index contributed by atoms with van der Waals surface area (Å²) in [6.07, 6.45) is 8.24. The molecule has 0 aromatic carbocycles. The van der Waals surface area contributed by atoms with E-state index >= 15 is 0 Å². The zero-order chi connectivity index (χ0) is 13.8. The third-order valence-corrected chi connectivity index (χ3v) is 4.86. The van der Waals surface area contributed by atoms with Gasteiger partial charge in [-0.15, -0.1) is 0 Å². The second-order valence-corrected chi connectivity index (χ2v) is 7.06. The molecule has 1 saturated carbocycles. The molecule has 1 saturated heterocycles. The lowest BCUT2D eigenvalue weighted by Crippen LogP contribution is -2.37. The van der Waals surface area contributed by atoms with Crippen LogP contribution in [-0.4, -0.2) is 35.1 Å². The summed E-state index contributed by atoms with van der Waals surface area (Å²) in [5, 5.41) is 8.89. The molecule has 3 nitrogen and oxygen atoms in total. The Hall–Kier alpha value is -0.570. The minimum absolute atomic E-state index is 0.360. The molecule has 2 rings (SSSR count). The van der Waals surface area contributed by atoms with Gasteiger partial charge < -0.3 is 10.0 Å². The maximum atomic E-state index is 10.8. The van der Waals surface area contributed by atoms with Crippen LogP contribution < -0.4 is 0 Å². The average Bonchev–Trinajstić information content (AvgIpc) is 2.76. The number of rotatable bonds is 5. The van der Waals surface area contributed by atoms with Gasteiger partial charge >= 0.3 is 5.97 Å². The van der Waals surface area contributed by atoms with Gasteiger partial charge in [-0.2, -0.15) is 0 Å². The van der Waals surface area contributed by atoms with E-state index in [-0.39, 0.29) is 0 Å². The molecule has 1 N–H and O–H groups in total. The molecule has 0 spiro atoms. The first-order chi connectivity index (χ1) is 9.04. The Balaban J connectivity index is 1.80. The van der Waals surface area contributed by atoms with Crippen LogP contribution >= 0.6 is 0 Å². The van der Waals surface area contributed by atoms with Gasteiger partial charge in [0.2, 0.25) is 0 Å². The number of hydrogen-bond donors (Lipinski definition) is 1. The third-order valence-electron chi connectivity index (χ3n) is 4.86. The maximum absolute atomic E-state index is 10.8. The van der Waals surface area contributed by atoms with E-state index in [0.29, 0.717) is 12.3 Å². The molecule has 110 valence electrons. The van der Waals surface area contributed by atoms with Crippen LogP contribution in [0, 0.1) is 17.8 Å². The maximum Gasteiger partial charge on any atom is 0.303 e. The topological polar surface area (TPSA) is 40.5 Å². The van der Waals surface area contributed by atoms with Crippen LogP contribution in [0.3, 0.4) is 0 Å². The number of likely N-dealkylation sites (tertiary alicyclic amines) is 1. The van der Waals surface area contributed by atoms with Crippen LogP contribution in [0.5, 0.6) is 0 Å². The molecular weight excluding hydrogens is 238 g/mol. The summed E-state index contributed by atoms with van der Waals surface area (Å²) in [4.78, 5) is 13.4. The zero-order valence-electron chi connectivity index (χ0n) is 12.5. The number of carboxylic acids is 1. The predicted molar refractivity (Wildman–Crippen MR) is 77.1 cm³/mol. The minimum atomic E-state index is -0.631. The molecule has 3 atom stereocenters. The summed E-state index contributed by atoms with van der Waals surface area (Å²) in [5.74, 6) is 1.47. The molecule has 0 aromatic heterocycles. The average molecular weight is 267 g/mol. The SMILES string of the molecule is CC(C)CC1CCCC(N2CCC(CC(=O)O)C2)C1. The van der Waals surface area contributed by atoms with Gasteiger partial charge in [0.05, 0.1) is 0 Å². The van der Waals surface area contributed by atoms with Crippen LogP contribution in [0.15, 0.2) is 0 Å². The molecule has 1 aliphatic carbocycles. The summed E-state index contributed by atoms with van der Waals surface area (Å²) in [6.45, 7) is 6.78. The summed E-state index contributed by atoms with van der Waals surface area (Å²) in [7, 11) is 0. The van der Waals surface area contributed by atoms with Crippen LogP contribution in [-0.2, 0) is 4.79 Å². The van der Waals surface area contributed by atoms with Gasteiger partial charge in [0.1, 0.15) is 0 Å². The minimum Gasteiger partial charge on any atom is -0.481 e.